The maximum absolute atomic E-state index is 11.5. The third kappa shape index (κ3) is 1.48. The van der Waals surface area contributed by atoms with E-state index in [9.17, 15) is 19.8 Å². The zero-order valence-electron chi connectivity index (χ0n) is 10.5. The Labute approximate surface area is 112 Å². The molecule has 0 spiro atoms. The number of hydrogen-bond acceptors (Lipinski definition) is 5. The summed E-state index contributed by atoms with van der Waals surface area (Å²) >= 11 is 0. The number of aryl methyl sites for hydroxylation is 1. The zero-order valence-corrected chi connectivity index (χ0v) is 10.5. The second-order valence-electron chi connectivity index (χ2n) is 4.41. The van der Waals surface area contributed by atoms with E-state index in [0.717, 1.165) is 0 Å². The van der Waals surface area contributed by atoms with Crippen LogP contribution in [-0.4, -0.2) is 20.0 Å². The van der Waals surface area contributed by atoms with E-state index in [1.54, 1.807) is 31.2 Å². The minimum atomic E-state index is -0.939. The molecule has 0 radical (unpaired) electrons. The smallest absolute Gasteiger partial charge is 0.268 e. The standard InChI is InChI=1S/C14H10N2O4/c1-7-9(10-11(17)13(19)12(10)18)14(20)16(15-7)8-5-3-2-4-6-8/h2-6,17,20H,1H3. The van der Waals surface area contributed by atoms with E-state index < -0.39 is 16.6 Å². The number of hydrogen-bond donors (Lipinski definition) is 2. The maximum atomic E-state index is 11.5. The number of aromatic nitrogens is 2. The van der Waals surface area contributed by atoms with Crippen molar-refractivity contribution in [1.82, 2.24) is 9.78 Å². The fourth-order valence-corrected chi connectivity index (χ4v) is 2.17. The Hall–Kier alpha value is -2.89. The van der Waals surface area contributed by atoms with Crippen LogP contribution in [0.2, 0.25) is 0 Å². The molecule has 1 aromatic heterocycles. The number of nitrogens with zero attached hydrogens (tertiary/aromatic N) is 2. The molecule has 6 nitrogen and oxygen atoms in total. The van der Waals surface area contributed by atoms with Crippen molar-refractivity contribution in [2.75, 3.05) is 0 Å². The molecular weight excluding hydrogens is 260 g/mol. The van der Waals surface area contributed by atoms with Gasteiger partial charge in [-0.3, -0.25) is 9.59 Å². The van der Waals surface area contributed by atoms with E-state index in [4.69, 9.17) is 0 Å². The highest BCUT2D eigenvalue weighted by Gasteiger charge is 2.28. The zero-order chi connectivity index (χ0) is 14.4. The summed E-state index contributed by atoms with van der Waals surface area (Å²) in [6.07, 6.45) is 0. The Morgan fingerprint density at radius 3 is 2.25 bits per heavy atom. The van der Waals surface area contributed by atoms with Gasteiger partial charge in [-0.05, 0) is 19.1 Å². The SMILES string of the molecule is Cc1nn(-c2ccccc2)c(O)c1-c1c(O)c(=O)c1=O. The number of benzene rings is 1. The van der Waals surface area contributed by atoms with E-state index in [2.05, 4.69) is 5.10 Å². The second kappa shape index (κ2) is 4.06. The summed E-state index contributed by atoms with van der Waals surface area (Å²) in [5, 5.41) is 23.8. The summed E-state index contributed by atoms with van der Waals surface area (Å²) in [6, 6.07) is 8.84. The first-order chi connectivity index (χ1) is 9.52. The van der Waals surface area contributed by atoms with Crippen LogP contribution < -0.4 is 10.9 Å². The first-order valence-electron chi connectivity index (χ1n) is 5.89. The van der Waals surface area contributed by atoms with Crippen LogP contribution >= 0.6 is 0 Å². The average Bonchev–Trinajstić information content (AvgIpc) is 2.76. The molecule has 0 saturated carbocycles. The number of aromatic hydroxyl groups is 2. The van der Waals surface area contributed by atoms with Crippen LogP contribution in [0.15, 0.2) is 39.9 Å². The van der Waals surface area contributed by atoms with Gasteiger partial charge in [0.15, 0.2) is 5.75 Å². The molecule has 0 bridgehead atoms. The molecule has 20 heavy (non-hydrogen) atoms. The Bertz CT molecular complexity index is 871. The summed E-state index contributed by atoms with van der Waals surface area (Å²) < 4.78 is 1.25. The van der Waals surface area contributed by atoms with E-state index in [1.165, 1.54) is 4.68 Å². The molecule has 1 heterocycles. The van der Waals surface area contributed by atoms with Crippen LogP contribution in [0.25, 0.3) is 16.8 Å². The van der Waals surface area contributed by atoms with E-state index in [-0.39, 0.29) is 17.0 Å². The van der Waals surface area contributed by atoms with E-state index >= 15 is 0 Å². The summed E-state index contributed by atoms with van der Waals surface area (Å²) in [5.74, 6) is -0.905. The molecule has 0 unspecified atom stereocenters. The summed E-state index contributed by atoms with van der Waals surface area (Å²) in [6.45, 7) is 1.59. The largest absolute Gasteiger partial charge is 0.503 e. The Morgan fingerprint density at radius 1 is 1.00 bits per heavy atom. The lowest BCUT2D eigenvalue weighted by Crippen LogP contribution is -2.31. The van der Waals surface area contributed by atoms with Crippen molar-refractivity contribution in [3.8, 4) is 28.4 Å². The molecule has 100 valence electrons. The van der Waals surface area contributed by atoms with Crippen molar-refractivity contribution >= 4 is 0 Å². The van der Waals surface area contributed by atoms with Gasteiger partial charge in [-0.25, -0.2) is 4.68 Å². The molecule has 0 fully saturated rings. The second-order valence-corrected chi connectivity index (χ2v) is 4.41. The molecule has 3 rings (SSSR count). The molecule has 0 aliphatic heterocycles. The van der Waals surface area contributed by atoms with Gasteiger partial charge in [0, 0.05) is 0 Å². The third-order valence-electron chi connectivity index (χ3n) is 3.17. The Morgan fingerprint density at radius 2 is 1.65 bits per heavy atom. The molecule has 2 N–H and O–H groups in total. The van der Waals surface area contributed by atoms with Gasteiger partial charge in [0.2, 0.25) is 11.3 Å². The molecule has 2 aromatic carbocycles. The maximum Gasteiger partial charge on any atom is 0.268 e. The lowest BCUT2D eigenvalue weighted by Gasteiger charge is -2.06. The van der Waals surface area contributed by atoms with E-state index in [0.29, 0.717) is 11.4 Å². The van der Waals surface area contributed by atoms with Crippen LogP contribution in [0.1, 0.15) is 5.69 Å². The normalized spacial score (nSPS) is 11.1. The van der Waals surface area contributed by atoms with Gasteiger partial charge >= 0.3 is 0 Å². The van der Waals surface area contributed by atoms with Crippen LogP contribution in [-0.2, 0) is 0 Å². The molecule has 0 amide bonds. The van der Waals surface area contributed by atoms with Crippen molar-refractivity contribution in [2.24, 2.45) is 0 Å². The highest BCUT2D eigenvalue weighted by atomic mass is 16.3. The van der Waals surface area contributed by atoms with Gasteiger partial charge in [0.05, 0.1) is 22.5 Å². The summed E-state index contributed by atoms with van der Waals surface area (Å²) in [5.41, 5.74) is -0.866. The number of rotatable bonds is 2. The third-order valence-corrected chi connectivity index (χ3v) is 3.17. The Balaban J connectivity index is 2.24. The predicted molar refractivity (Wildman–Crippen MR) is 72.0 cm³/mol. The minimum Gasteiger partial charge on any atom is -0.503 e. The van der Waals surface area contributed by atoms with Crippen LogP contribution in [0.5, 0.6) is 11.6 Å². The topological polar surface area (TPSA) is 92.4 Å². The first-order valence-corrected chi connectivity index (χ1v) is 5.89. The first kappa shape index (κ1) is 12.2. The van der Waals surface area contributed by atoms with Crippen LogP contribution in [0.3, 0.4) is 0 Å². The minimum absolute atomic E-state index is 0.0935. The van der Waals surface area contributed by atoms with Crippen molar-refractivity contribution in [1.29, 1.82) is 0 Å². The summed E-state index contributed by atoms with van der Waals surface area (Å²) in [4.78, 5) is 22.6. The fraction of sp³-hybridized carbons (Fsp3) is 0.0714. The highest BCUT2D eigenvalue weighted by molar-refractivity contribution is 5.79. The van der Waals surface area contributed by atoms with Gasteiger partial charge < -0.3 is 10.2 Å². The van der Waals surface area contributed by atoms with Crippen molar-refractivity contribution in [2.45, 2.75) is 6.92 Å². The molecule has 0 atom stereocenters. The van der Waals surface area contributed by atoms with Gasteiger partial charge in [-0.1, -0.05) is 18.2 Å². The van der Waals surface area contributed by atoms with Crippen molar-refractivity contribution in [3.05, 3.63) is 56.5 Å². The van der Waals surface area contributed by atoms with Gasteiger partial charge in [0.1, 0.15) is 0 Å². The van der Waals surface area contributed by atoms with Crippen molar-refractivity contribution < 1.29 is 10.2 Å². The Kier molecular flexibility index (Phi) is 2.47. The molecule has 0 saturated heterocycles. The van der Waals surface area contributed by atoms with Gasteiger partial charge in [-0.2, -0.15) is 5.10 Å². The molecule has 6 heteroatoms. The lowest BCUT2D eigenvalue weighted by molar-refractivity contribution is 0.433. The van der Waals surface area contributed by atoms with Crippen LogP contribution in [0.4, 0.5) is 0 Å². The highest BCUT2D eigenvalue weighted by Crippen LogP contribution is 2.36. The van der Waals surface area contributed by atoms with Crippen LogP contribution in [0, 0.1) is 6.92 Å². The average molecular weight is 270 g/mol. The fourth-order valence-electron chi connectivity index (χ4n) is 2.17. The molecular formula is C14H10N2O4. The van der Waals surface area contributed by atoms with Gasteiger partial charge in [0.25, 0.3) is 5.43 Å². The molecule has 3 aromatic rings. The van der Waals surface area contributed by atoms with E-state index in [1.807, 2.05) is 6.07 Å². The summed E-state index contributed by atoms with van der Waals surface area (Å²) in [7, 11) is 0. The molecule has 0 aliphatic rings. The predicted octanol–water partition coefficient (Wildman–Crippen LogP) is 0.855. The lowest BCUT2D eigenvalue weighted by atomic mass is 10.0. The van der Waals surface area contributed by atoms with Gasteiger partial charge in [-0.15, -0.1) is 0 Å². The monoisotopic (exact) mass is 270 g/mol. The quantitative estimate of drug-likeness (QED) is 0.674. The van der Waals surface area contributed by atoms with Crippen molar-refractivity contribution in [3.63, 3.8) is 0 Å². The number of para-hydroxylation sites is 1. The molecule has 0 aliphatic carbocycles.